The lowest BCUT2D eigenvalue weighted by Gasteiger charge is -2.32. The third-order valence-electron chi connectivity index (χ3n) is 5.59. The van der Waals surface area contributed by atoms with Crippen LogP contribution >= 0.6 is 0 Å². The number of carbonyl (C=O) groups excluding carboxylic acids is 1. The van der Waals surface area contributed by atoms with Crippen molar-refractivity contribution < 1.29 is 31.5 Å². The molecule has 0 aliphatic carbocycles. The summed E-state index contributed by atoms with van der Waals surface area (Å²) in [6, 6.07) is 0.402. The molecule has 2 aromatic rings. The van der Waals surface area contributed by atoms with Crippen LogP contribution in [-0.4, -0.2) is 39.8 Å². The lowest BCUT2D eigenvalue weighted by molar-refractivity contribution is -0.150. The molecule has 5 nitrogen and oxygen atoms in total. The number of carbonyl (C=O) groups is 1. The van der Waals surface area contributed by atoms with Crippen LogP contribution in [0.5, 0.6) is 5.75 Å². The highest BCUT2D eigenvalue weighted by Crippen LogP contribution is 2.46. The molecule has 1 fully saturated rings. The van der Waals surface area contributed by atoms with Crippen LogP contribution in [0.15, 0.2) is 30.9 Å². The molecule has 0 saturated carbocycles. The molecule has 0 aromatic carbocycles. The summed E-state index contributed by atoms with van der Waals surface area (Å²) in [5, 5.41) is 0. The zero-order valence-electron chi connectivity index (χ0n) is 17.1. The Morgan fingerprint density at radius 1 is 1.16 bits per heavy atom. The number of likely N-dealkylation sites (tertiary alicyclic amines) is 1. The minimum Gasteiger partial charge on any atom is -0.487 e. The van der Waals surface area contributed by atoms with Crippen molar-refractivity contribution in [3.63, 3.8) is 0 Å². The number of hydrogen-bond acceptors (Lipinski definition) is 4. The quantitative estimate of drug-likeness (QED) is 0.507. The summed E-state index contributed by atoms with van der Waals surface area (Å²) in [6.07, 6.45) is -2.50. The van der Waals surface area contributed by atoms with E-state index in [2.05, 4.69) is 21.8 Å². The SMILES string of the molecule is CC(C)(C(=O)N1C[C@@H]2C[C@H]1c1cncc(C#Cc3cncc(C(F)(F)F)c3)c1O2)C(F)F. The average Bonchev–Trinajstić information content (AvgIpc) is 3.08. The van der Waals surface area contributed by atoms with Gasteiger partial charge in [-0.15, -0.1) is 0 Å². The van der Waals surface area contributed by atoms with E-state index >= 15 is 0 Å². The highest BCUT2D eigenvalue weighted by Gasteiger charge is 2.49. The molecule has 2 aromatic heterocycles. The van der Waals surface area contributed by atoms with Gasteiger partial charge in [-0.1, -0.05) is 11.8 Å². The standard InChI is InChI=1S/C22H18F5N3O2/c1-21(2,19(23)24)20(31)30-11-15-6-17(30)16-10-29-8-13(18(16)32-15)4-3-12-5-14(9-28-7-12)22(25,26)27/h5,7-10,15,17,19H,6,11H2,1-2H3/t15-,17-/m0/s1. The molecule has 2 aliphatic rings. The molecule has 168 valence electrons. The lowest BCUT2D eigenvalue weighted by atomic mass is 9.91. The zero-order chi connectivity index (χ0) is 23.3. The summed E-state index contributed by atoms with van der Waals surface area (Å²) in [6.45, 7) is 2.55. The van der Waals surface area contributed by atoms with Gasteiger partial charge in [0.2, 0.25) is 5.91 Å². The summed E-state index contributed by atoms with van der Waals surface area (Å²) < 4.78 is 71.4. The van der Waals surface area contributed by atoms with Gasteiger partial charge in [-0.05, 0) is 19.9 Å². The fourth-order valence-corrected chi connectivity index (χ4v) is 3.76. The maximum absolute atomic E-state index is 13.4. The van der Waals surface area contributed by atoms with E-state index in [0.717, 1.165) is 6.07 Å². The molecule has 4 rings (SSSR count). The van der Waals surface area contributed by atoms with Crippen molar-refractivity contribution in [1.82, 2.24) is 14.9 Å². The van der Waals surface area contributed by atoms with Gasteiger partial charge in [0, 0.05) is 42.3 Å². The predicted octanol–water partition coefficient (Wildman–Crippen LogP) is 4.22. The number of alkyl halides is 5. The molecule has 32 heavy (non-hydrogen) atoms. The van der Waals surface area contributed by atoms with Crippen LogP contribution in [0.4, 0.5) is 22.0 Å². The molecular weight excluding hydrogens is 433 g/mol. The fraction of sp³-hybridized carbons (Fsp3) is 0.409. The summed E-state index contributed by atoms with van der Waals surface area (Å²) in [7, 11) is 0. The van der Waals surface area contributed by atoms with Crippen molar-refractivity contribution in [3.8, 4) is 17.6 Å². The summed E-state index contributed by atoms with van der Waals surface area (Å²) in [5.74, 6) is 5.08. The normalized spacial score (nSPS) is 19.8. The number of halogens is 5. The van der Waals surface area contributed by atoms with Crippen LogP contribution < -0.4 is 4.74 Å². The van der Waals surface area contributed by atoms with Gasteiger partial charge in [0.05, 0.1) is 23.7 Å². The maximum atomic E-state index is 13.4. The van der Waals surface area contributed by atoms with Crippen molar-refractivity contribution in [2.24, 2.45) is 5.41 Å². The Morgan fingerprint density at radius 2 is 1.88 bits per heavy atom. The molecule has 0 unspecified atom stereocenters. The number of nitrogens with zero attached hydrogens (tertiary/aromatic N) is 3. The number of hydrogen-bond donors (Lipinski definition) is 0. The minimum atomic E-state index is -4.54. The largest absolute Gasteiger partial charge is 0.487 e. The Balaban J connectivity index is 1.66. The molecule has 1 amide bonds. The van der Waals surface area contributed by atoms with E-state index in [4.69, 9.17) is 4.74 Å². The van der Waals surface area contributed by atoms with Crippen LogP contribution in [0.3, 0.4) is 0 Å². The number of ether oxygens (including phenoxy) is 1. The van der Waals surface area contributed by atoms with Gasteiger partial charge < -0.3 is 9.64 Å². The van der Waals surface area contributed by atoms with Crippen LogP contribution in [0.2, 0.25) is 0 Å². The summed E-state index contributed by atoms with van der Waals surface area (Å²) in [4.78, 5) is 21.9. The van der Waals surface area contributed by atoms with Crippen molar-refractivity contribution in [3.05, 3.63) is 53.1 Å². The first-order valence-corrected chi connectivity index (χ1v) is 9.76. The molecule has 4 heterocycles. The number of aromatic nitrogens is 2. The molecule has 0 radical (unpaired) electrons. The second-order valence-corrected chi connectivity index (χ2v) is 8.29. The fourth-order valence-electron chi connectivity index (χ4n) is 3.76. The lowest BCUT2D eigenvalue weighted by Crippen LogP contribution is -2.44. The minimum absolute atomic E-state index is 0.0618. The molecule has 2 atom stereocenters. The first kappa shape index (κ1) is 22.0. The van der Waals surface area contributed by atoms with Crippen molar-refractivity contribution >= 4 is 5.91 Å². The van der Waals surface area contributed by atoms with Crippen LogP contribution in [-0.2, 0) is 11.0 Å². The monoisotopic (exact) mass is 451 g/mol. The smallest absolute Gasteiger partial charge is 0.417 e. The number of fused-ring (bicyclic) bond motifs is 4. The van der Waals surface area contributed by atoms with Crippen molar-refractivity contribution in [2.75, 3.05) is 6.54 Å². The summed E-state index contributed by atoms with van der Waals surface area (Å²) >= 11 is 0. The number of rotatable bonds is 2. The number of pyridine rings is 2. The van der Waals surface area contributed by atoms with Crippen LogP contribution in [0.1, 0.15) is 48.6 Å². The zero-order valence-corrected chi connectivity index (χ0v) is 17.1. The van der Waals surface area contributed by atoms with Gasteiger partial charge in [-0.2, -0.15) is 13.2 Å². The maximum Gasteiger partial charge on any atom is 0.417 e. The van der Waals surface area contributed by atoms with Crippen molar-refractivity contribution in [1.29, 1.82) is 0 Å². The molecule has 0 N–H and O–H groups in total. The van der Waals surface area contributed by atoms with Gasteiger partial charge >= 0.3 is 6.18 Å². The molecule has 1 saturated heterocycles. The molecule has 0 spiro atoms. The first-order chi connectivity index (χ1) is 15.0. The second kappa shape index (κ2) is 7.73. The van der Waals surface area contributed by atoms with E-state index in [1.165, 1.54) is 37.3 Å². The highest BCUT2D eigenvalue weighted by atomic mass is 19.4. The van der Waals surface area contributed by atoms with Gasteiger partial charge in [0.15, 0.2) is 0 Å². The third kappa shape index (κ3) is 3.87. The van der Waals surface area contributed by atoms with E-state index < -0.39 is 41.6 Å². The highest BCUT2D eigenvalue weighted by molar-refractivity contribution is 5.83. The summed E-state index contributed by atoms with van der Waals surface area (Å²) in [5.41, 5.74) is -1.84. The topological polar surface area (TPSA) is 55.3 Å². The number of amides is 1. The predicted molar refractivity (Wildman–Crippen MR) is 103 cm³/mol. The van der Waals surface area contributed by atoms with Crippen LogP contribution in [0.25, 0.3) is 0 Å². The first-order valence-electron chi connectivity index (χ1n) is 9.76. The Hall–Kier alpha value is -3.22. The van der Waals surface area contributed by atoms with Gasteiger partial charge in [-0.25, -0.2) is 8.78 Å². The Morgan fingerprint density at radius 3 is 2.56 bits per heavy atom. The Bertz CT molecular complexity index is 1120. The van der Waals surface area contributed by atoms with Crippen LogP contribution in [0, 0.1) is 17.3 Å². The Labute approximate surface area is 180 Å². The van der Waals surface area contributed by atoms with E-state index in [-0.39, 0.29) is 12.1 Å². The van der Waals surface area contributed by atoms with Crippen molar-refractivity contribution in [2.45, 2.75) is 45.0 Å². The average molecular weight is 451 g/mol. The molecule has 10 heteroatoms. The Kier molecular flexibility index (Phi) is 5.31. The van der Waals surface area contributed by atoms with Gasteiger partial charge in [0.25, 0.3) is 6.43 Å². The van der Waals surface area contributed by atoms with Gasteiger partial charge in [0.1, 0.15) is 17.3 Å². The van der Waals surface area contributed by atoms with E-state index in [0.29, 0.717) is 29.5 Å². The molecule has 2 bridgehead atoms. The van der Waals surface area contributed by atoms with E-state index in [1.807, 2.05) is 0 Å². The third-order valence-corrected chi connectivity index (χ3v) is 5.59. The second-order valence-electron chi connectivity index (χ2n) is 8.29. The van der Waals surface area contributed by atoms with E-state index in [1.54, 1.807) is 0 Å². The van der Waals surface area contributed by atoms with E-state index in [9.17, 15) is 26.7 Å². The van der Waals surface area contributed by atoms with Gasteiger partial charge in [-0.3, -0.25) is 14.8 Å². The molecular formula is C22H18F5N3O2. The molecule has 2 aliphatic heterocycles.